The van der Waals surface area contributed by atoms with Gasteiger partial charge in [-0.1, -0.05) is 30.3 Å². The molecule has 0 fully saturated rings. The molecule has 138 valence electrons. The van der Waals surface area contributed by atoms with Crippen molar-refractivity contribution >= 4 is 45.1 Å². The molecule has 0 unspecified atom stereocenters. The molecule has 1 heterocycles. The Morgan fingerprint density at radius 1 is 0.893 bits per heavy atom. The van der Waals surface area contributed by atoms with Crippen molar-refractivity contribution in [2.45, 2.75) is 13.8 Å². The first-order valence-electron chi connectivity index (χ1n) is 9.05. The first kappa shape index (κ1) is 18.6. The van der Waals surface area contributed by atoms with E-state index < -0.39 is 0 Å². The average Bonchev–Trinajstić information content (AvgIpc) is 2.71. The van der Waals surface area contributed by atoms with Gasteiger partial charge < -0.3 is 5.32 Å². The van der Waals surface area contributed by atoms with E-state index in [0.29, 0.717) is 5.56 Å². The van der Waals surface area contributed by atoms with E-state index in [2.05, 4.69) is 60.0 Å². The molecule has 4 rings (SSSR count). The van der Waals surface area contributed by atoms with E-state index in [-0.39, 0.29) is 5.91 Å². The van der Waals surface area contributed by atoms with Crippen LogP contribution in [-0.4, -0.2) is 10.9 Å². The van der Waals surface area contributed by atoms with Crippen molar-refractivity contribution in [3.63, 3.8) is 0 Å². The van der Waals surface area contributed by atoms with E-state index >= 15 is 0 Å². The highest BCUT2D eigenvalue weighted by molar-refractivity contribution is 14.1. The number of hydrogen-bond donors (Lipinski definition) is 1. The summed E-state index contributed by atoms with van der Waals surface area (Å²) in [6.45, 7) is 4.18. The number of hydrogen-bond acceptors (Lipinski definition) is 2. The number of pyridine rings is 1. The molecule has 1 amide bonds. The van der Waals surface area contributed by atoms with Crippen LogP contribution in [0.25, 0.3) is 22.2 Å². The molecule has 0 aliphatic rings. The van der Waals surface area contributed by atoms with E-state index in [4.69, 9.17) is 4.98 Å². The second-order valence-electron chi connectivity index (χ2n) is 6.83. The minimum absolute atomic E-state index is 0.134. The standard InChI is InChI=1S/C24H19IN2O/c1-15-7-8-17(13-16(15)2)23-14-21(20-5-3-4-6-22(20)27-23)24(28)26-19-11-9-18(25)10-12-19/h3-14H,1-2H3,(H,26,28). The van der Waals surface area contributed by atoms with Crippen molar-refractivity contribution < 1.29 is 4.79 Å². The number of fused-ring (bicyclic) bond motifs is 1. The lowest BCUT2D eigenvalue weighted by molar-refractivity contribution is 0.102. The molecule has 0 atom stereocenters. The summed E-state index contributed by atoms with van der Waals surface area (Å²) >= 11 is 2.25. The van der Waals surface area contributed by atoms with Crippen LogP contribution in [-0.2, 0) is 0 Å². The topological polar surface area (TPSA) is 42.0 Å². The molecule has 0 radical (unpaired) electrons. The molecule has 0 bridgehead atoms. The maximum absolute atomic E-state index is 13.1. The molecule has 0 spiro atoms. The molecule has 4 heteroatoms. The minimum atomic E-state index is -0.134. The Balaban J connectivity index is 1.80. The van der Waals surface area contributed by atoms with Crippen molar-refractivity contribution in [2.24, 2.45) is 0 Å². The zero-order valence-electron chi connectivity index (χ0n) is 15.7. The van der Waals surface area contributed by atoms with Crippen molar-refractivity contribution in [1.29, 1.82) is 0 Å². The van der Waals surface area contributed by atoms with Crippen LogP contribution >= 0.6 is 22.6 Å². The largest absolute Gasteiger partial charge is 0.322 e. The Kier molecular flexibility index (Phi) is 5.13. The molecule has 0 saturated carbocycles. The number of carbonyl (C=O) groups is 1. The Hall–Kier alpha value is -2.73. The van der Waals surface area contributed by atoms with Gasteiger partial charge in [-0.2, -0.15) is 0 Å². The number of aromatic nitrogens is 1. The lowest BCUT2D eigenvalue weighted by Gasteiger charge is -2.12. The fourth-order valence-corrected chi connectivity index (χ4v) is 3.50. The zero-order chi connectivity index (χ0) is 19.7. The number of amides is 1. The Labute approximate surface area is 178 Å². The van der Waals surface area contributed by atoms with Crippen molar-refractivity contribution in [2.75, 3.05) is 5.32 Å². The number of nitrogens with zero attached hydrogens (tertiary/aromatic N) is 1. The van der Waals surface area contributed by atoms with Crippen LogP contribution in [0, 0.1) is 17.4 Å². The third-order valence-corrected chi connectivity index (χ3v) is 5.58. The lowest BCUT2D eigenvalue weighted by Crippen LogP contribution is -2.13. The number of nitrogens with one attached hydrogen (secondary N) is 1. The van der Waals surface area contributed by atoms with E-state index in [1.54, 1.807) is 0 Å². The van der Waals surface area contributed by atoms with Gasteiger partial charge in [0.2, 0.25) is 0 Å². The molecular formula is C24H19IN2O. The molecule has 4 aromatic rings. The first-order valence-corrected chi connectivity index (χ1v) is 10.1. The molecule has 0 saturated heterocycles. The highest BCUT2D eigenvalue weighted by atomic mass is 127. The molecule has 1 N–H and O–H groups in total. The van der Waals surface area contributed by atoms with E-state index in [1.807, 2.05) is 54.6 Å². The molecule has 3 nitrogen and oxygen atoms in total. The van der Waals surface area contributed by atoms with Gasteiger partial charge in [-0.3, -0.25) is 4.79 Å². The maximum atomic E-state index is 13.1. The molecule has 0 aliphatic heterocycles. The van der Waals surface area contributed by atoms with E-state index in [1.165, 1.54) is 11.1 Å². The number of rotatable bonds is 3. The first-order chi connectivity index (χ1) is 13.5. The van der Waals surface area contributed by atoms with Crippen molar-refractivity contribution in [3.05, 3.63) is 93.1 Å². The second kappa shape index (κ2) is 7.72. The van der Waals surface area contributed by atoms with Crippen LogP contribution in [0.5, 0.6) is 0 Å². The number of aryl methyl sites for hydroxylation is 2. The van der Waals surface area contributed by atoms with Gasteiger partial charge in [0.05, 0.1) is 16.8 Å². The summed E-state index contributed by atoms with van der Waals surface area (Å²) in [5.41, 5.74) is 6.47. The number of para-hydroxylation sites is 1. The Morgan fingerprint density at radius 3 is 2.39 bits per heavy atom. The smallest absolute Gasteiger partial charge is 0.256 e. The Bertz CT molecular complexity index is 1180. The third-order valence-electron chi connectivity index (χ3n) is 4.87. The third kappa shape index (κ3) is 3.78. The number of benzene rings is 3. The van der Waals surface area contributed by atoms with E-state index in [0.717, 1.165) is 31.4 Å². The van der Waals surface area contributed by atoms with Crippen LogP contribution < -0.4 is 5.32 Å². The molecular weight excluding hydrogens is 459 g/mol. The number of anilines is 1. The van der Waals surface area contributed by atoms with Gasteiger partial charge in [0.25, 0.3) is 5.91 Å². The fraction of sp³-hybridized carbons (Fsp3) is 0.0833. The van der Waals surface area contributed by atoms with E-state index in [9.17, 15) is 4.79 Å². The normalized spacial score (nSPS) is 10.8. The van der Waals surface area contributed by atoms with Gasteiger partial charge in [-0.15, -0.1) is 0 Å². The molecule has 1 aromatic heterocycles. The van der Waals surface area contributed by atoms with Gasteiger partial charge in [-0.25, -0.2) is 4.98 Å². The highest BCUT2D eigenvalue weighted by Gasteiger charge is 2.14. The summed E-state index contributed by atoms with van der Waals surface area (Å²) < 4.78 is 1.13. The lowest BCUT2D eigenvalue weighted by atomic mass is 10.0. The second-order valence-corrected chi connectivity index (χ2v) is 8.08. The SMILES string of the molecule is Cc1ccc(-c2cc(C(=O)Nc3ccc(I)cc3)c3ccccc3n2)cc1C. The van der Waals surface area contributed by atoms with Crippen molar-refractivity contribution in [1.82, 2.24) is 4.98 Å². The highest BCUT2D eigenvalue weighted by Crippen LogP contribution is 2.27. The van der Waals surface area contributed by atoms with Crippen LogP contribution in [0.4, 0.5) is 5.69 Å². The maximum Gasteiger partial charge on any atom is 0.256 e. The Morgan fingerprint density at radius 2 is 1.64 bits per heavy atom. The molecule has 28 heavy (non-hydrogen) atoms. The molecule has 0 aliphatic carbocycles. The quantitative estimate of drug-likeness (QED) is 0.348. The number of carbonyl (C=O) groups excluding carboxylic acids is 1. The van der Waals surface area contributed by atoms with Gasteiger partial charge in [0.1, 0.15) is 0 Å². The van der Waals surface area contributed by atoms with Gasteiger partial charge in [-0.05, 0) is 90.0 Å². The average molecular weight is 478 g/mol. The summed E-state index contributed by atoms with van der Waals surface area (Å²) in [5.74, 6) is -0.134. The zero-order valence-corrected chi connectivity index (χ0v) is 17.8. The minimum Gasteiger partial charge on any atom is -0.322 e. The van der Waals surface area contributed by atoms with Crippen LogP contribution in [0.1, 0.15) is 21.5 Å². The predicted molar refractivity (Wildman–Crippen MR) is 124 cm³/mol. The van der Waals surface area contributed by atoms with Crippen LogP contribution in [0.15, 0.2) is 72.8 Å². The number of halogens is 1. The summed E-state index contributed by atoms with van der Waals surface area (Å²) in [5, 5.41) is 3.85. The van der Waals surface area contributed by atoms with Crippen LogP contribution in [0.2, 0.25) is 0 Å². The van der Waals surface area contributed by atoms with Gasteiger partial charge in [0.15, 0.2) is 0 Å². The molecule has 3 aromatic carbocycles. The summed E-state index contributed by atoms with van der Waals surface area (Å²) in [4.78, 5) is 17.9. The monoisotopic (exact) mass is 478 g/mol. The summed E-state index contributed by atoms with van der Waals surface area (Å²) in [7, 11) is 0. The van der Waals surface area contributed by atoms with Gasteiger partial charge in [0, 0.05) is 20.2 Å². The van der Waals surface area contributed by atoms with Gasteiger partial charge >= 0.3 is 0 Å². The fourth-order valence-electron chi connectivity index (χ4n) is 3.14. The van der Waals surface area contributed by atoms with Crippen molar-refractivity contribution in [3.8, 4) is 11.3 Å². The van der Waals surface area contributed by atoms with Crippen LogP contribution in [0.3, 0.4) is 0 Å². The summed E-state index contributed by atoms with van der Waals surface area (Å²) in [6, 6.07) is 23.7. The summed E-state index contributed by atoms with van der Waals surface area (Å²) in [6.07, 6.45) is 0. The predicted octanol–water partition coefficient (Wildman–Crippen LogP) is 6.38.